The molecular formula is C8H10N2O3S. The van der Waals surface area contributed by atoms with Gasteiger partial charge in [-0.05, 0) is 18.2 Å². The van der Waals surface area contributed by atoms with Crippen LogP contribution in [0.4, 0.5) is 11.4 Å². The van der Waals surface area contributed by atoms with Crippen molar-refractivity contribution in [3.63, 3.8) is 0 Å². The SMILES string of the molecule is CC(=O)Nc1ccc(S(=O)O)c(N)c1. The fourth-order valence-electron chi connectivity index (χ4n) is 0.989. The predicted octanol–water partition coefficient (Wildman–Crippen LogP) is 0.808. The minimum atomic E-state index is -2.10. The molecule has 0 aliphatic carbocycles. The molecule has 1 rings (SSSR count). The predicted molar refractivity (Wildman–Crippen MR) is 54.2 cm³/mol. The molecule has 1 amide bonds. The van der Waals surface area contributed by atoms with Crippen LogP contribution in [0, 0.1) is 0 Å². The van der Waals surface area contributed by atoms with Gasteiger partial charge >= 0.3 is 0 Å². The lowest BCUT2D eigenvalue weighted by molar-refractivity contribution is -0.114. The summed E-state index contributed by atoms with van der Waals surface area (Å²) in [6.07, 6.45) is 0. The second-order valence-electron chi connectivity index (χ2n) is 2.68. The summed E-state index contributed by atoms with van der Waals surface area (Å²) in [7, 11) is 0. The van der Waals surface area contributed by atoms with Crippen molar-refractivity contribution in [1.29, 1.82) is 0 Å². The molecule has 76 valence electrons. The quantitative estimate of drug-likeness (QED) is 0.501. The molecule has 0 aliphatic heterocycles. The van der Waals surface area contributed by atoms with Crippen molar-refractivity contribution in [2.24, 2.45) is 0 Å². The Balaban J connectivity index is 3.00. The Morgan fingerprint density at radius 1 is 1.57 bits per heavy atom. The van der Waals surface area contributed by atoms with Gasteiger partial charge in [0.2, 0.25) is 5.91 Å². The number of carbonyl (C=O) groups is 1. The number of nitrogens with two attached hydrogens (primary N) is 1. The van der Waals surface area contributed by atoms with Crippen molar-refractivity contribution in [2.45, 2.75) is 11.8 Å². The van der Waals surface area contributed by atoms with Crippen molar-refractivity contribution >= 4 is 28.4 Å². The lowest BCUT2D eigenvalue weighted by atomic mass is 10.3. The van der Waals surface area contributed by atoms with Crippen LogP contribution in [0.1, 0.15) is 6.92 Å². The van der Waals surface area contributed by atoms with E-state index in [0.29, 0.717) is 5.69 Å². The van der Waals surface area contributed by atoms with E-state index in [1.807, 2.05) is 0 Å². The van der Waals surface area contributed by atoms with Gasteiger partial charge in [0.1, 0.15) is 0 Å². The molecule has 1 atom stereocenters. The van der Waals surface area contributed by atoms with E-state index < -0.39 is 11.1 Å². The van der Waals surface area contributed by atoms with Crippen LogP contribution in [-0.4, -0.2) is 14.7 Å². The molecule has 0 aromatic heterocycles. The summed E-state index contributed by atoms with van der Waals surface area (Å²) < 4.78 is 19.5. The Labute approximate surface area is 83.6 Å². The molecule has 0 bridgehead atoms. The van der Waals surface area contributed by atoms with Crippen LogP contribution in [0.3, 0.4) is 0 Å². The van der Waals surface area contributed by atoms with E-state index in [2.05, 4.69) is 5.32 Å². The Bertz CT molecular complexity index is 392. The van der Waals surface area contributed by atoms with E-state index >= 15 is 0 Å². The van der Waals surface area contributed by atoms with Crippen molar-refractivity contribution in [1.82, 2.24) is 0 Å². The highest BCUT2D eigenvalue weighted by atomic mass is 32.2. The first kappa shape index (κ1) is 10.7. The van der Waals surface area contributed by atoms with E-state index in [9.17, 15) is 9.00 Å². The zero-order valence-corrected chi connectivity index (χ0v) is 8.30. The van der Waals surface area contributed by atoms with Gasteiger partial charge in [0, 0.05) is 12.6 Å². The number of amides is 1. The largest absolute Gasteiger partial charge is 0.398 e. The molecule has 0 saturated carbocycles. The number of nitrogens with one attached hydrogen (secondary N) is 1. The topological polar surface area (TPSA) is 92.4 Å². The molecule has 4 N–H and O–H groups in total. The summed E-state index contributed by atoms with van der Waals surface area (Å²) in [4.78, 5) is 10.8. The van der Waals surface area contributed by atoms with Crippen LogP contribution >= 0.6 is 0 Å². The van der Waals surface area contributed by atoms with Crippen molar-refractivity contribution in [3.8, 4) is 0 Å². The molecule has 1 aromatic rings. The van der Waals surface area contributed by atoms with Gasteiger partial charge in [0.25, 0.3) is 0 Å². The van der Waals surface area contributed by atoms with Gasteiger partial charge < -0.3 is 15.6 Å². The molecule has 0 aliphatic rings. The summed E-state index contributed by atoms with van der Waals surface area (Å²) in [5.74, 6) is -0.220. The second kappa shape index (κ2) is 4.21. The maximum absolute atomic E-state index is 10.7. The van der Waals surface area contributed by atoms with Crippen LogP contribution in [0.5, 0.6) is 0 Å². The van der Waals surface area contributed by atoms with Gasteiger partial charge in [-0.15, -0.1) is 0 Å². The summed E-state index contributed by atoms with van der Waals surface area (Å²) >= 11 is -2.10. The number of benzene rings is 1. The molecule has 1 aromatic carbocycles. The Morgan fingerprint density at radius 3 is 2.64 bits per heavy atom. The first-order valence-corrected chi connectivity index (χ1v) is 4.89. The fraction of sp³-hybridized carbons (Fsp3) is 0.125. The van der Waals surface area contributed by atoms with Crippen LogP contribution in [0.15, 0.2) is 23.1 Å². The lowest BCUT2D eigenvalue weighted by Gasteiger charge is -2.05. The van der Waals surface area contributed by atoms with Gasteiger partial charge in [-0.25, -0.2) is 4.21 Å². The van der Waals surface area contributed by atoms with E-state index in [1.165, 1.54) is 25.1 Å². The van der Waals surface area contributed by atoms with Gasteiger partial charge in [-0.2, -0.15) is 0 Å². The number of anilines is 2. The summed E-state index contributed by atoms with van der Waals surface area (Å²) in [5, 5.41) is 2.51. The van der Waals surface area contributed by atoms with Crippen molar-refractivity contribution in [2.75, 3.05) is 11.1 Å². The van der Waals surface area contributed by atoms with E-state index in [-0.39, 0.29) is 16.5 Å². The molecule has 1 unspecified atom stereocenters. The highest BCUT2D eigenvalue weighted by molar-refractivity contribution is 7.79. The fourth-order valence-corrected chi connectivity index (χ4v) is 1.43. The van der Waals surface area contributed by atoms with E-state index in [4.69, 9.17) is 10.3 Å². The molecule has 0 radical (unpaired) electrons. The molecule has 5 nitrogen and oxygen atoms in total. The zero-order chi connectivity index (χ0) is 10.7. The average molecular weight is 214 g/mol. The number of hydrogen-bond acceptors (Lipinski definition) is 3. The Morgan fingerprint density at radius 2 is 2.21 bits per heavy atom. The molecule has 0 spiro atoms. The average Bonchev–Trinajstić information content (AvgIpc) is 2.01. The third-order valence-electron chi connectivity index (χ3n) is 1.52. The number of carbonyl (C=O) groups excluding carboxylic acids is 1. The van der Waals surface area contributed by atoms with E-state index in [0.717, 1.165) is 0 Å². The summed E-state index contributed by atoms with van der Waals surface area (Å²) in [6.45, 7) is 1.37. The highest BCUT2D eigenvalue weighted by Crippen LogP contribution is 2.20. The van der Waals surface area contributed by atoms with Crippen LogP contribution in [0.25, 0.3) is 0 Å². The molecule has 0 saturated heterocycles. The maximum Gasteiger partial charge on any atom is 0.221 e. The van der Waals surface area contributed by atoms with Crippen LogP contribution in [0.2, 0.25) is 0 Å². The smallest absolute Gasteiger partial charge is 0.221 e. The molecular weight excluding hydrogens is 204 g/mol. The van der Waals surface area contributed by atoms with Crippen LogP contribution < -0.4 is 11.1 Å². The number of nitrogen functional groups attached to an aromatic ring is 1. The monoisotopic (exact) mass is 214 g/mol. The van der Waals surface area contributed by atoms with Crippen molar-refractivity contribution in [3.05, 3.63) is 18.2 Å². The third-order valence-corrected chi connectivity index (χ3v) is 2.27. The minimum absolute atomic E-state index is 0.138. The molecule has 14 heavy (non-hydrogen) atoms. The lowest BCUT2D eigenvalue weighted by Crippen LogP contribution is -2.06. The maximum atomic E-state index is 10.7. The molecule has 0 fully saturated rings. The second-order valence-corrected chi connectivity index (χ2v) is 3.62. The summed E-state index contributed by atoms with van der Waals surface area (Å²) in [5.41, 5.74) is 6.18. The number of rotatable bonds is 2. The minimum Gasteiger partial charge on any atom is -0.398 e. The van der Waals surface area contributed by atoms with Crippen molar-refractivity contribution < 1.29 is 13.6 Å². The normalized spacial score (nSPS) is 12.1. The Hall–Kier alpha value is -1.40. The van der Waals surface area contributed by atoms with Gasteiger partial charge in [-0.1, -0.05) is 0 Å². The van der Waals surface area contributed by atoms with Gasteiger partial charge in [0.15, 0.2) is 11.1 Å². The molecule has 0 heterocycles. The first-order valence-electron chi connectivity index (χ1n) is 3.78. The molecule has 6 heteroatoms. The number of hydrogen-bond donors (Lipinski definition) is 3. The third kappa shape index (κ3) is 2.54. The first-order chi connectivity index (χ1) is 6.50. The standard InChI is InChI=1S/C8H10N2O3S/c1-5(11)10-6-2-3-8(14(12)13)7(9)4-6/h2-4H,9H2,1H3,(H,10,11)(H,12,13). The van der Waals surface area contributed by atoms with Gasteiger partial charge in [0.05, 0.1) is 10.6 Å². The van der Waals surface area contributed by atoms with Crippen LogP contribution in [-0.2, 0) is 15.9 Å². The van der Waals surface area contributed by atoms with Gasteiger partial charge in [-0.3, -0.25) is 4.79 Å². The zero-order valence-electron chi connectivity index (χ0n) is 7.48. The summed E-state index contributed by atoms with van der Waals surface area (Å²) in [6, 6.07) is 4.35. The van der Waals surface area contributed by atoms with E-state index in [1.54, 1.807) is 0 Å². The highest BCUT2D eigenvalue weighted by Gasteiger charge is 2.06. The Kier molecular flexibility index (Phi) is 3.21.